The van der Waals surface area contributed by atoms with Crippen LogP contribution in [0.3, 0.4) is 0 Å². The monoisotopic (exact) mass is 458 g/mol. The highest BCUT2D eigenvalue weighted by atomic mass is 19.1. The molecule has 0 fully saturated rings. The Labute approximate surface area is 198 Å². The molecular formula is C28H27FN2O3. The Balaban J connectivity index is 1.76. The average Bonchev–Trinajstić information content (AvgIpc) is 3.04. The van der Waals surface area contributed by atoms with Crippen LogP contribution in [0.15, 0.2) is 78.5 Å². The molecule has 2 amide bonds. The van der Waals surface area contributed by atoms with Crippen LogP contribution in [0.4, 0.5) is 15.8 Å². The van der Waals surface area contributed by atoms with E-state index in [4.69, 9.17) is 4.74 Å². The Morgan fingerprint density at radius 2 is 1.59 bits per heavy atom. The van der Waals surface area contributed by atoms with E-state index in [1.54, 1.807) is 24.3 Å². The van der Waals surface area contributed by atoms with Crippen molar-refractivity contribution in [2.45, 2.75) is 33.1 Å². The smallest absolute Gasteiger partial charge is 0.282 e. The van der Waals surface area contributed by atoms with Crippen LogP contribution in [-0.4, -0.2) is 18.4 Å². The molecule has 0 bridgehead atoms. The maximum Gasteiger partial charge on any atom is 0.282 e. The van der Waals surface area contributed by atoms with Gasteiger partial charge in [-0.05, 0) is 59.9 Å². The van der Waals surface area contributed by atoms with Gasteiger partial charge >= 0.3 is 0 Å². The second-order valence-corrected chi connectivity index (χ2v) is 9.09. The predicted octanol–water partition coefficient (Wildman–Crippen LogP) is 5.92. The molecule has 0 saturated carbocycles. The summed E-state index contributed by atoms with van der Waals surface area (Å²) in [6.45, 7) is 8.69. The van der Waals surface area contributed by atoms with Gasteiger partial charge < -0.3 is 10.1 Å². The van der Waals surface area contributed by atoms with E-state index in [2.05, 4.69) is 26.1 Å². The molecule has 0 spiro atoms. The SMILES string of the molecule is CCOc1cccc(N2C(=O)C(Nc3ccc(C(C)(C)C)cc3)=C(c3ccc(F)cc3)C2=O)c1. The number of carbonyl (C=O) groups excluding carboxylic acids is 2. The number of nitrogens with zero attached hydrogens (tertiary/aromatic N) is 1. The molecule has 0 radical (unpaired) electrons. The Morgan fingerprint density at radius 3 is 2.21 bits per heavy atom. The summed E-state index contributed by atoms with van der Waals surface area (Å²) in [7, 11) is 0. The number of hydrogen-bond donors (Lipinski definition) is 1. The van der Waals surface area contributed by atoms with Crippen LogP contribution >= 0.6 is 0 Å². The lowest BCUT2D eigenvalue weighted by Gasteiger charge is -2.19. The molecule has 1 heterocycles. The molecule has 1 aliphatic heterocycles. The van der Waals surface area contributed by atoms with Gasteiger partial charge in [0.25, 0.3) is 11.8 Å². The summed E-state index contributed by atoms with van der Waals surface area (Å²) in [6, 6.07) is 20.1. The average molecular weight is 459 g/mol. The maximum atomic E-state index is 13.6. The molecule has 5 nitrogen and oxygen atoms in total. The summed E-state index contributed by atoms with van der Waals surface area (Å²) in [5, 5.41) is 3.14. The van der Waals surface area contributed by atoms with Crippen molar-refractivity contribution in [3.8, 4) is 5.75 Å². The van der Waals surface area contributed by atoms with Gasteiger partial charge in [0.15, 0.2) is 0 Å². The Hall–Kier alpha value is -3.93. The first-order chi connectivity index (χ1) is 16.2. The molecule has 1 aliphatic rings. The van der Waals surface area contributed by atoms with Crippen molar-refractivity contribution in [3.63, 3.8) is 0 Å². The number of nitrogens with one attached hydrogen (secondary N) is 1. The van der Waals surface area contributed by atoms with Gasteiger partial charge in [-0.3, -0.25) is 9.59 Å². The highest BCUT2D eigenvalue weighted by Gasteiger charge is 2.40. The zero-order chi connectivity index (χ0) is 24.5. The van der Waals surface area contributed by atoms with Crippen molar-refractivity contribution >= 4 is 28.8 Å². The molecule has 0 saturated heterocycles. The summed E-state index contributed by atoms with van der Waals surface area (Å²) in [5.41, 5.74) is 2.99. The first-order valence-corrected chi connectivity index (χ1v) is 11.2. The van der Waals surface area contributed by atoms with Crippen LogP contribution in [0.25, 0.3) is 5.57 Å². The van der Waals surface area contributed by atoms with Crippen LogP contribution in [-0.2, 0) is 15.0 Å². The minimum absolute atomic E-state index is 0.0153. The largest absolute Gasteiger partial charge is 0.494 e. The summed E-state index contributed by atoms with van der Waals surface area (Å²) >= 11 is 0. The topological polar surface area (TPSA) is 58.6 Å². The van der Waals surface area contributed by atoms with Crippen LogP contribution in [0.2, 0.25) is 0 Å². The number of carbonyl (C=O) groups is 2. The lowest BCUT2D eigenvalue weighted by atomic mass is 9.87. The molecule has 0 atom stereocenters. The fraction of sp³-hybridized carbons (Fsp3) is 0.214. The summed E-state index contributed by atoms with van der Waals surface area (Å²) < 4.78 is 19.1. The highest BCUT2D eigenvalue weighted by molar-refractivity contribution is 6.46. The van der Waals surface area contributed by atoms with Crippen molar-refractivity contribution in [1.82, 2.24) is 0 Å². The van der Waals surface area contributed by atoms with Crippen molar-refractivity contribution in [2.75, 3.05) is 16.8 Å². The van der Waals surface area contributed by atoms with Gasteiger partial charge in [-0.2, -0.15) is 0 Å². The van der Waals surface area contributed by atoms with Crippen molar-refractivity contribution in [1.29, 1.82) is 0 Å². The van der Waals surface area contributed by atoms with E-state index in [0.717, 1.165) is 10.5 Å². The van der Waals surface area contributed by atoms with Gasteiger partial charge in [-0.15, -0.1) is 0 Å². The third-order valence-electron chi connectivity index (χ3n) is 5.62. The molecule has 6 heteroatoms. The van der Waals surface area contributed by atoms with E-state index in [1.165, 1.54) is 24.3 Å². The summed E-state index contributed by atoms with van der Waals surface area (Å²) in [5.74, 6) is -0.838. The van der Waals surface area contributed by atoms with Gasteiger partial charge in [0.1, 0.15) is 17.3 Å². The number of halogens is 1. The quantitative estimate of drug-likeness (QED) is 0.466. The van der Waals surface area contributed by atoms with Gasteiger partial charge in [0, 0.05) is 11.8 Å². The van der Waals surface area contributed by atoms with Crippen LogP contribution in [0.5, 0.6) is 5.75 Å². The van der Waals surface area contributed by atoms with Crippen molar-refractivity contribution in [3.05, 3.63) is 95.4 Å². The zero-order valence-electron chi connectivity index (χ0n) is 19.7. The zero-order valence-corrected chi connectivity index (χ0v) is 19.7. The van der Waals surface area contributed by atoms with Gasteiger partial charge in [0.05, 0.1) is 17.9 Å². The molecule has 0 unspecified atom stereocenters. The number of imide groups is 1. The number of ether oxygens (including phenoxy) is 1. The van der Waals surface area contributed by atoms with E-state index in [0.29, 0.717) is 29.3 Å². The maximum absolute atomic E-state index is 13.6. The first kappa shape index (κ1) is 23.2. The highest BCUT2D eigenvalue weighted by Crippen LogP contribution is 2.35. The van der Waals surface area contributed by atoms with E-state index in [9.17, 15) is 14.0 Å². The second kappa shape index (κ2) is 9.14. The van der Waals surface area contributed by atoms with E-state index in [1.807, 2.05) is 31.2 Å². The number of amides is 2. The first-order valence-electron chi connectivity index (χ1n) is 11.2. The number of hydrogen-bond acceptors (Lipinski definition) is 4. The lowest BCUT2D eigenvalue weighted by molar-refractivity contribution is -0.120. The lowest BCUT2D eigenvalue weighted by Crippen LogP contribution is -2.32. The Kier molecular flexibility index (Phi) is 6.24. The standard InChI is InChI=1S/C28H27FN2O3/c1-5-34-23-8-6-7-22(17-23)31-26(32)24(18-9-13-20(29)14-10-18)25(27(31)33)30-21-15-11-19(12-16-21)28(2,3)4/h6-17,30H,5H2,1-4H3. The Bertz CT molecular complexity index is 1260. The fourth-order valence-corrected chi connectivity index (χ4v) is 3.84. The van der Waals surface area contributed by atoms with Gasteiger partial charge in [0.2, 0.25) is 0 Å². The van der Waals surface area contributed by atoms with Gasteiger partial charge in [-0.25, -0.2) is 9.29 Å². The third kappa shape index (κ3) is 4.57. The normalized spacial score (nSPS) is 14.1. The van der Waals surface area contributed by atoms with Gasteiger partial charge in [-0.1, -0.05) is 51.1 Å². The van der Waals surface area contributed by atoms with Crippen molar-refractivity contribution in [2.24, 2.45) is 0 Å². The molecular weight excluding hydrogens is 431 g/mol. The van der Waals surface area contributed by atoms with Crippen LogP contribution < -0.4 is 15.0 Å². The number of benzene rings is 3. The van der Waals surface area contributed by atoms with E-state index in [-0.39, 0.29) is 16.7 Å². The summed E-state index contributed by atoms with van der Waals surface area (Å²) in [4.78, 5) is 28.2. The molecule has 3 aromatic rings. The number of rotatable bonds is 6. The molecule has 0 aromatic heterocycles. The molecule has 1 N–H and O–H groups in total. The number of anilines is 2. The minimum Gasteiger partial charge on any atom is -0.494 e. The fourth-order valence-electron chi connectivity index (χ4n) is 3.84. The summed E-state index contributed by atoms with van der Waals surface area (Å²) in [6.07, 6.45) is 0. The molecule has 3 aromatic carbocycles. The minimum atomic E-state index is -0.488. The van der Waals surface area contributed by atoms with E-state index >= 15 is 0 Å². The van der Waals surface area contributed by atoms with E-state index < -0.39 is 17.6 Å². The molecule has 174 valence electrons. The Morgan fingerprint density at radius 1 is 0.912 bits per heavy atom. The predicted molar refractivity (Wildman–Crippen MR) is 132 cm³/mol. The third-order valence-corrected chi connectivity index (χ3v) is 5.62. The molecule has 4 rings (SSSR count). The molecule has 0 aliphatic carbocycles. The van der Waals surface area contributed by atoms with Crippen LogP contribution in [0.1, 0.15) is 38.8 Å². The van der Waals surface area contributed by atoms with Crippen molar-refractivity contribution < 1.29 is 18.7 Å². The molecule has 34 heavy (non-hydrogen) atoms. The second-order valence-electron chi connectivity index (χ2n) is 9.09. The van der Waals surface area contributed by atoms with Crippen LogP contribution in [0, 0.1) is 5.82 Å².